The van der Waals surface area contributed by atoms with Gasteiger partial charge < -0.3 is 14.8 Å². The zero-order valence-electron chi connectivity index (χ0n) is 13.5. The molecule has 4 rings (SSSR count). The molecule has 1 aromatic carbocycles. The third-order valence-electron chi connectivity index (χ3n) is 5.40. The molecule has 2 aliphatic rings. The lowest BCUT2D eigenvalue weighted by molar-refractivity contribution is -0.142. The van der Waals surface area contributed by atoms with E-state index in [1.54, 1.807) is 6.26 Å². The lowest BCUT2D eigenvalue weighted by Crippen LogP contribution is -2.40. The van der Waals surface area contributed by atoms with Gasteiger partial charge in [0, 0.05) is 17.0 Å². The van der Waals surface area contributed by atoms with E-state index >= 15 is 0 Å². The van der Waals surface area contributed by atoms with Crippen LogP contribution < -0.4 is 5.32 Å². The van der Waals surface area contributed by atoms with Gasteiger partial charge in [0.25, 0.3) is 0 Å². The maximum absolute atomic E-state index is 12.4. The molecule has 2 aliphatic carbocycles. The number of aliphatic carboxylic acids is 1. The van der Waals surface area contributed by atoms with Crippen molar-refractivity contribution in [3.8, 4) is 0 Å². The Bertz CT molecular complexity index is 807. The second-order valence-corrected chi connectivity index (χ2v) is 6.96. The summed E-state index contributed by atoms with van der Waals surface area (Å²) in [6.07, 6.45) is 7.48. The SMILES string of the molecule is O=C(Cc1coc2cc3c(cc12)CCC3)N[C@H]1CCC[C@H]1C(=O)O. The molecule has 0 saturated heterocycles. The fraction of sp³-hybridized carbons (Fsp3) is 0.474. The van der Waals surface area contributed by atoms with Crippen molar-refractivity contribution in [1.29, 1.82) is 0 Å². The Labute approximate surface area is 140 Å². The third kappa shape index (κ3) is 2.68. The van der Waals surface area contributed by atoms with Gasteiger partial charge in [-0.3, -0.25) is 9.59 Å². The lowest BCUT2D eigenvalue weighted by Gasteiger charge is -2.17. The van der Waals surface area contributed by atoms with E-state index in [1.807, 2.05) is 0 Å². The van der Waals surface area contributed by atoms with E-state index in [0.29, 0.717) is 6.42 Å². The highest BCUT2D eigenvalue weighted by molar-refractivity contribution is 5.89. The number of carbonyl (C=O) groups excluding carboxylic acids is 1. The van der Waals surface area contributed by atoms with Crippen LogP contribution in [0.3, 0.4) is 0 Å². The smallest absolute Gasteiger partial charge is 0.308 e. The summed E-state index contributed by atoms with van der Waals surface area (Å²) in [5.74, 6) is -1.41. The van der Waals surface area contributed by atoms with Gasteiger partial charge in [0.1, 0.15) is 5.58 Å². The minimum atomic E-state index is -0.817. The fourth-order valence-corrected chi connectivity index (χ4v) is 4.14. The Balaban J connectivity index is 1.50. The van der Waals surface area contributed by atoms with Gasteiger partial charge in [-0.15, -0.1) is 0 Å². The second kappa shape index (κ2) is 5.96. The molecule has 1 fully saturated rings. The molecule has 0 spiro atoms. The Hall–Kier alpha value is -2.30. The van der Waals surface area contributed by atoms with Gasteiger partial charge in [-0.25, -0.2) is 0 Å². The van der Waals surface area contributed by atoms with E-state index in [2.05, 4.69) is 17.4 Å². The number of rotatable bonds is 4. The molecule has 2 N–H and O–H groups in total. The van der Waals surface area contributed by atoms with Crippen LogP contribution in [-0.2, 0) is 28.9 Å². The van der Waals surface area contributed by atoms with Gasteiger partial charge in [-0.05, 0) is 55.4 Å². The summed E-state index contributed by atoms with van der Waals surface area (Å²) in [5.41, 5.74) is 4.42. The van der Waals surface area contributed by atoms with Crippen LogP contribution in [0.15, 0.2) is 22.8 Å². The zero-order valence-corrected chi connectivity index (χ0v) is 13.5. The molecule has 1 amide bonds. The average Bonchev–Trinajstić information content (AvgIpc) is 3.25. The molecule has 1 saturated carbocycles. The number of benzene rings is 1. The number of carboxylic acids is 1. The molecule has 0 unspecified atom stereocenters. The number of hydrogen-bond donors (Lipinski definition) is 2. The number of hydrogen-bond acceptors (Lipinski definition) is 3. The quantitative estimate of drug-likeness (QED) is 0.905. The van der Waals surface area contributed by atoms with Gasteiger partial charge in [-0.1, -0.05) is 6.42 Å². The maximum atomic E-state index is 12.4. The second-order valence-electron chi connectivity index (χ2n) is 6.96. The molecule has 0 bridgehead atoms. The Morgan fingerprint density at radius 1 is 1.17 bits per heavy atom. The van der Waals surface area contributed by atoms with E-state index < -0.39 is 11.9 Å². The Kier molecular flexibility index (Phi) is 3.79. The molecule has 0 aliphatic heterocycles. The summed E-state index contributed by atoms with van der Waals surface area (Å²) in [7, 11) is 0. The highest BCUT2D eigenvalue weighted by Crippen LogP contribution is 2.31. The number of aryl methyl sites for hydroxylation is 2. The molecule has 126 valence electrons. The lowest BCUT2D eigenvalue weighted by atomic mass is 10.0. The molecule has 2 atom stereocenters. The number of carboxylic acid groups (broad SMARTS) is 1. The summed E-state index contributed by atoms with van der Waals surface area (Å²) in [6.45, 7) is 0. The number of fused-ring (bicyclic) bond motifs is 2. The van der Waals surface area contributed by atoms with Crippen LogP contribution in [0.25, 0.3) is 11.0 Å². The van der Waals surface area contributed by atoms with E-state index in [1.165, 1.54) is 17.5 Å². The molecule has 1 heterocycles. The van der Waals surface area contributed by atoms with Crippen LogP contribution >= 0.6 is 0 Å². The predicted octanol–water partition coefficient (Wildman–Crippen LogP) is 2.83. The molecule has 2 aromatic rings. The number of amides is 1. The summed E-state index contributed by atoms with van der Waals surface area (Å²) < 4.78 is 5.63. The van der Waals surface area contributed by atoms with E-state index in [0.717, 1.165) is 42.2 Å². The van der Waals surface area contributed by atoms with Crippen LogP contribution in [0.5, 0.6) is 0 Å². The van der Waals surface area contributed by atoms with Crippen molar-refractivity contribution in [3.05, 3.63) is 35.1 Å². The normalized spacial score (nSPS) is 22.7. The first kappa shape index (κ1) is 15.2. The minimum Gasteiger partial charge on any atom is -0.481 e. The van der Waals surface area contributed by atoms with E-state index in [-0.39, 0.29) is 18.4 Å². The monoisotopic (exact) mass is 327 g/mol. The zero-order chi connectivity index (χ0) is 16.7. The van der Waals surface area contributed by atoms with Crippen molar-refractivity contribution >= 4 is 22.8 Å². The first-order valence-electron chi connectivity index (χ1n) is 8.66. The van der Waals surface area contributed by atoms with Crippen molar-refractivity contribution in [3.63, 3.8) is 0 Å². The van der Waals surface area contributed by atoms with Crippen LogP contribution in [0.1, 0.15) is 42.4 Å². The molecule has 5 heteroatoms. The fourth-order valence-electron chi connectivity index (χ4n) is 4.14. The molecular weight excluding hydrogens is 306 g/mol. The average molecular weight is 327 g/mol. The highest BCUT2D eigenvalue weighted by atomic mass is 16.4. The molecule has 1 aromatic heterocycles. The molecule has 0 radical (unpaired) electrons. The van der Waals surface area contributed by atoms with Crippen LogP contribution in [0.4, 0.5) is 0 Å². The van der Waals surface area contributed by atoms with Gasteiger partial charge in [0.05, 0.1) is 18.6 Å². The molecule has 24 heavy (non-hydrogen) atoms. The first-order chi connectivity index (χ1) is 11.6. The minimum absolute atomic E-state index is 0.128. The Morgan fingerprint density at radius 2 is 1.96 bits per heavy atom. The van der Waals surface area contributed by atoms with E-state index in [9.17, 15) is 14.7 Å². The molecular formula is C19H21NO4. The topological polar surface area (TPSA) is 79.5 Å². The van der Waals surface area contributed by atoms with Crippen LogP contribution in [0.2, 0.25) is 0 Å². The largest absolute Gasteiger partial charge is 0.481 e. The Morgan fingerprint density at radius 3 is 2.75 bits per heavy atom. The van der Waals surface area contributed by atoms with Crippen molar-refractivity contribution in [2.75, 3.05) is 0 Å². The van der Waals surface area contributed by atoms with Crippen LogP contribution in [-0.4, -0.2) is 23.0 Å². The number of nitrogens with one attached hydrogen (secondary N) is 1. The van der Waals surface area contributed by atoms with Crippen molar-refractivity contribution in [2.45, 2.75) is 51.0 Å². The number of furan rings is 1. The summed E-state index contributed by atoms with van der Waals surface area (Å²) in [6, 6.07) is 3.99. The van der Waals surface area contributed by atoms with Gasteiger partial charge in [0.2, 0.25) is 5.91 Å². The third-order valence-corrected chi connectivity index (χ3v) is 5.40. The van der Waals surface area contributed by atoms with Gasteiger partial charge in [0.15, 0.2) is 0 Å². The standard InChI is InChI=1S/C19H21NO4/c21-18(20-16-6-2-5-14(16)19(22)23)9-13-10-24-17-8-12-4-1-3-11(12)7-15(13)17/h7-8,10,14,16H,1-6,9H2,(H,20,21)(H,22,23)/t14-,16+/m1/s1. The van der Waals surface area contributed by atoms with E-state index in [4.69, 9.17) is 4.42 Å². The van der Waals surface area contributed by atoms with Crippen molar-refractivity contribution < 1.29 is 19.1 Å². The van der Waals surface area contributed by atoms with Crippen molar-refractivity contribution in [2.24, 2.45) is 5.92 Å². The van der Waals surface area contributed by atoms with Gasteiger partial charge in [-0.2, -0.15) is 0 Å². The summed E-state index contributed by atoms with van der Waals surface area (Å²) in [5, 5.41) is 13.1. The van der Waals surface area contributed by atoms with Gasteiger partial charge >= 0.3 is 5.97 Å². The molecule has 5 nitrogen and oxygen atoms in total. The summed E-state index contributed by atoms with van der Waals surface area (Å²) in [4.78, 5) is 23.6. The maximum Gasteiger partial charge on any atom is 0.308 e. The number of carbonyl (C=O) groups is 2. The predicted molar refractivity (Wildman–Crippen MR) is 88.9 cm³/mol. The highest BCUT2D eigenvalue weighted by Gasteiger charge is 2.33. The summed E-state index contributed by atoms with van der Waals surface area (Å²) >= 11 is 0. The first-order valence-corrected chi connectivity index (χ1v) is 8.66. The van der Waals surface area contributed by atoms with Crippen molar-refractivity contribution in [1.82, 2.24) is 5.32 Å². The van der Waals surface area contributed by atoms with Crippen LogP contribution in [0, 0.1) is 5.92 Å².